The first-order chi connectivity index (χ1) is 8.79. The predicted molar refractivity (Wildman–Crippen MR) is 83.0 cm³/mol. The molecule has 0 aromatic rings. The summed E-state index contributed by atoms with van der Waals surface area (Å²) in [6.45, 7) is 6.98. The molecule has 0 heteroatoms. The molecular formula is C18H36. The summed E-state index contributed by atoms with van der Waals surface area (Å²) in [7, 11) is 0. The zero-order valence-electron chi connectivity index (χ0n) is 13.3. The largest absolute Gasteiger partial charge is 0.0654 e. The minimum Gasteiger partial charge on any atom is -0.0654 e. The summed E-state index contributed by atoms with van der Waals surface area (Å²) in [5.74, 6) is 1.11. The predicted octanol–water partition coefficient (Wildman–Crippen LogP) is 6.73. The van der Waals surface area contributed by atoms with Gasteiger partial charge in [-0.25, -0.2) is 0 Å². The van der Waals surface area contributed by atoms with Crippen LogP contribution in [-0.4, -0.2) is 0 Å². The molecule has 108 valence electrons. The van der Waals surface area contributed by atoms with Crippen molar-refractivity contribution in [2.75, 3.05) is 0 Å². The zero-order valence-corrected chi connectivity index (χ0v) is 13.3. The van der Waals surface area contributed by atoms with Crippen molar-refractivity contribution >= 4 is 0 Å². The number of hydrogen-bond donors (Lipinski definition) is 0. The van der Waals surface area contributed by atoms with Gasteiger partial charge >= 0.3 is 0 Å². The maximum atomic E-state index is 2.35. The van der Waals surface area contributed by atoms with Gasteiger partial charge in [0.05, 0.1) is 0 Å². The molecule has 2 atom stereocenters. The lowest BCUT2D eigenvalue weighted by atomic mass is 9.88. The fraction of sp³-hybridized carbons (Fsp3) is 1.00. The Bertz CT molecular complexity index is 196. The van der Waals surface area contributed by atoms with E-state index in [0.29, 0.717) is 0 Å². The molecule has 0 aromatic heterocycles. The smallest absolute Gasteiger partial charge is 0.0266 e. The van der Waals surface area contributed by atoms with Crippen LogP contribution in [0.15, 0.2) is 0 Å². The third-order valence-corrected chi connectivity index (χ3v) is 5.07. The molecule has 0 spiro atoms. The zero-order chi connectivity index (χ0) is 13.3. The van der Waals surface area contributed by atoms with E-state index in [-0.39, 0.29) is 0 Å². The summed E-state index contributed by atoms with van der Waals surface area (Å²) < 4.78 is 0. The van der Waals surface area contributed by atoms with E-state index in [1.807, 2.05) is 0 Å². The SMILES string of the molecule is CCCCCCC1(CCCC)CC1CCCCC. The van der Waals surface area contributed by atoms with E-state index in [1.165, 1.54) is 70.6 Å². The second-order valence-corrected chi connectivity index (χ2v) is 6.67. The van der Waals surface area contributed by atoms with Gasteiger partial charge in [-0.1, -0.05) is 78.6 Å². The highest BCUT2D eigenvalue weighted by Crippen LogP contribution is 2.61. The van der Waals surface area contributed by atoms with Crippen molar-refractivity contribution < 1.29 is 0 Å². The summed E-state index contributed by atoms with van der Waals surface area (Å²) >= 11 is 0. The number of rotatable bonds is 12. The van der Waals surface area contributed by atoms with Gasteiger partial charge in [0.1, 0.15) is 0 Å². The molecule has 1 saturated carbocycles. The molecule has 0 radical (unpaired) electrons. The van der Waals surface area contributed by atoms with E-state index in [9.17, 15) is 0 Å². The van der Waals surface area contributed by atoms with Gasteiger partial charge in [-0.3, -0.25) is 0 Å². The minimum absolute atomic E-state index is 0.817. The maximum Gasteiger partial charge on any atom is -0.0266 e. The molecule has 0 aliphatic heterocycles. The lowest BCUT2D eigenvalue weighted by Gasteiger charge is -2.17. The van der Waals surface area contributed by atoms with Gasteiger partial charge in [-0.05, 0) is 37.0 Å². The van der Waals surface area contributed by atoms with Crippen LogP contribution >= 0.6 is 0 Å². The van der Waals surface area contributed by atoms with Crippen molar-refractivity contribution in [3.05, 3.63) is 0 Å². The van der Waals surface area contributed by atoms with Crippen LogP contribution in [0.4, 0.5) is 0 Å². The first-order valence-corrected chi connectivity index (χ1v) is 8.79. The number of unbranched alkanes of at least 4 members (excludes halogenated alkanes) is 6. The third kappa shape index (κ3) is 5.33. The molecule has 18 heavy (non-hydrogen) atoms. The average Bonchev–Trinajstić information content (AvgIpc) is 3.07. The molecule has 1 fully saturated rings. The summed E-state index contributed by atoms with van der Waals surface area (Å²) in [6.07, 6.45) is 19.2. The quantitative estimate of drug-likeness (QED) is 0.338. The van der Waals surface area contributed by atoms with Crippen molar-refractivity contribution in [2.24, 2.45) is 11.3 Å². The highest BCUT2D eigenvalue weighted by atomic mass is 14.6. The monoisotopic (exact) mass is 252 g/mol. The summed E-state index contributed by atoms with van der Waals surface area (Å²) in [5.41, 5.74) is 0.817. The van der Waals surface area contributed by atoms with Crippen LogP contribution in [0.5, 0.6) is 0 Å². The van der Waals surface area contributed by atoms with Crippen LogP contribution in [-0.2, 0) is 0 Å². The Balaban J connectivity index is 2.23. The van der Waals surface area contributed by atoms with E-state index < -0.39 is 0 Å². The second kappa shape index (κ2) is 8.99. The standard InChI is InChI=1S/C18H36/c1-4-7-10-12-15-18(14-9-6-3)16-17(18)13-11-8-5-2/h17H,4-16H2,1-3H3. The van der Waals surface area contributed by atoms with Gasteiger partial charge in [-0.15, -0.1) is 0 Å². The highest BCUT2D eigenvalue weighted by molar-refractivity contribution is 5.01. The normalized spacial score (nSPS) is 26.5. The van der Waals surface area contributed by atoms with Gasteiger partial charge in [0.25, 0.3) is 0 Å². The van der Waals surface area contributed by atoms with Crippen LogP contribution in [0.3, 0.4) is 0 Å². The third-order valence-electron chi connectivity index (χ3n) is 5.07. The average molecular weight is 252 g/mol. The van der Waals surface area contributed by atoms with Gasteiger partial charge in [0, 0.05) is 0 Å². The van der Waals surface area contributed by atoms with Crippen LogP contribution in [0, 0.1) is 11.3 Å². The molecule has 0 amide bonds. The number of hydrogen-bond acceptors (Lipinski definition) is 0. The van der Waals surface area contributed by atoms with Crippen molar-refractivity contribution in [2.45, 2.75) is 104 Å². The Morgan fingerprint density at radius 3 is 2.00 bits per heavy atom. The molecule has 1 rings (SSSR count). The molecule has 0 aromatic carbocycles. The van der Waals surface area contributed by atoms with E-state index in [4.69, 9.17) is 0 Å². The van der Waals surface area contributed by atoms with Gasteiger partial charge in [-0.2, -0.15) is 0 Å². The fourth-order valence-corrected chi connectivity index (χ4v) is 3.65. The van der Waals surface area contributed by atoms with E-state index in [1.54, 1.807) is 12.8 Å². The minimum atomic E-state index is 0.817. The lowest BCUT2D eigenvalue weighted by Crippen LogP contribution is -2.05. The lowest BCUT2D eigenvalue weighted by molar-refractivity contribution is 0.345. The van der Waals surface area contributed by atoms with Crippen LogP contribution in [0.1, 0.15) is 104 Å². The van der Waals surface area contributed by atoms with Gasteiger partial charge in [0.15, 0.2) is 0 Å². The molecular weight excluding hydrogens is 216 g/mol. The van der Waals surface area contributed by atoms with Gasteiger partial charge in [0.2, 0.25) is 0 Å². The molecule has 2 unspecified atom stereocenters. The Morgan fingerprint density at radius 1 is 0.722 bits per heavy atom. The Labute approximate surface area is 116 Å². The molecule has 0 N–H and O–H groups in total. The first-order valence-electron chi connectivity index (χ1n) is 8.79. The molecule has 0 heterocycles. The second-order valence-electron chi connectivity index (χ2n) is 6.67. The Morgan fingerprint density at radius 2 is 1.33 bits per heavy atom. The van der Waals surface area contributed by atoms with Crippen LogP contribution in [0.25, 0.3) is 0 Å². The summed E-state index contributed by atoms with van der Waals surface area (Å²) in [4.78, 5) is 0. The Kier molecular flexibility index (Phi) is 8.02. The summed E-state index contributed by atoms with van der Waals surface area (Å²) in [5, 5.41) is 0. The molecule has 1 aliphatic carbocycles. The van der Waals surface area contributed by atoms with E-state index in [0.717, 1.165) is 11.3 Å². The molecule has 1 aliphatic rings. The maximum absolute atomic E-state index is 2.35. The van der Waals surface area contributed by atoms with E-state index in [2.05, 4.69) is 20.8 Å². The molecule has 0 bridgehead atoms. The first kappa shape index (κ1) is 16.1. The van der Waals surface area contributed by atoms with Crippen molar-refractivity contribution in [3.63, 3.8) is 0 Å². The highest BCUT2D eigenvalue weighted by Gasteiger charge is 2.51. The summed E-state index contributed by atoms with van der Waals surface area (Å²) in [6, 6.07) is 0. The van der Waals surface area contributed by atoms with Gasteiger partial charge < -0.3 is 0 Å². The van der Waals surface area contributed by atoms with Crippen LogP contribution in [0.2, 0.25) is 0 Å². The van der Waals surface area contributed by atoms with Crippen molar-refractivity contribution in [1.29, 1.82) is 0 Å². The topological polar surface area (TPSA) is 0 Å². The molecule has 0 saturated heterocycles. The molecule has 0 nitrogen and oxygen atoms in total. The van der Waals surface area contributed by atoms with Crippen molar-refractivity contribution in [1.82, 2.24) is 0 Å². The van der Waals surface area contributed by atoms with E-state index >= 15 is 0 Å². The fourth-order valence-electron chi connectivity index (χ4n) is 3.65. The van der Waals surface area contributed by atoms with Crippen LogP contribution < -0.4 is 0 Å². The Hall–Kier alpha value is 0. The van der Waals surface area contributed by atoms with Crippen molar-refractivity contribution in [3.8, 4) is 0 Å².